The fraction of sp³-hybridized carbons (Fsp3) is 0.765. The summed E-state index contributed by atoms with van der Waals surface area (Å²) in [6, 6.07) is 0. The minimum absolute atomic E-state index is 0.283. The van der Waals surface area contributed by atoms with Crippen molar-refractivity contribution in [1.82, 2.24) is 10.3 Å². The van der Waals surface area contributed by atoms with Gasteiger partial charge >= 0.3 is 0 Å². The molecule has 1 heterocycles. The molecule has 116 valence electrons. The molecule has 1 aromatic rings. The van der Waals surface area contributed by atoms with Crippen LogP contribution in [0.25, 0.3) is 0 Å². The fourth-order valence-corrected chi connectivity index (χ4v) is 4.67. The number of aryl methyl sites for hydroxylation is 3. The van der Waals surface area contributed by atoms with E-state index in [1.165, 1.54) is 60.5 Å². The third-order valence-electron chi connectivity index (χ3n) is 4.73. The molecule has 0 spiro atoms. The largest absolute Gasteiger partial charge is 0.356 e. The fourth-order valence-electron chi connectivity index (χ4n) is 3.47. The summed E-state index contributed by atoms with van der Waals surface area (Å²) in [5.41, 5.74) is 1.35. The first-order chi connectivity index (χ1) is 10.3. The van der Waals surface area contributed by atoms with Crippen LogP contribution in [0.1, 0.15) is 66.9 Å². The summed E-state index contributed by atoms with van der Waals surface area (Å²) in [7, 11) is 0. The van der Waals surface area contributed by atoms with Crippen LogP contribution >= 0.6 is 11.3 Å². The second-order valence-corrected chi connectivity index (χ2v) is 7.58. The van der Waals surface area contributed by atoms with Crippen LogP contribution < -0.4 is 5.32 Å². The number of nitrogens with zero attached hydrogens (tertiary/aromatic N) is 1. The van der Waals surface area contributed by atoms with Crippen LogP contribution in [-0.2, 0) is 24.1 Å². The number of carbonyl (C=O) groups excluding carboxylic acids is 1. The molecule has 0 radical (unpaired) electrons. The first-order valence-corrected chi connectivity index (χ1v) is 9.40. The summed E-state index contributed by atoms with van der Waals surface area (Å²) < 4.78 is 0. The molecule has 0 unspecified atom stereocenters. The molecule has 4 heteroatoms. The van der Waals surface area contributed by atoms with E-state index >= 15 is 0 Å². The summed E-state index contributed by atoms with van der Waals surface area (Å²) >= 11 is 1.90. The first-order valence-electron chi connectivity index (χ1n) is 8.58. The second-order valence-electron chi connectivity index (χ2n) is 6.41. The lowest BCUT2D eigenvalue weighted by Gasteiger charge is -2.20. The number of aromatic nitrogens is 1. The Hall–Kier alpha value is -0.900. The number of carbonyl (C=O) groups is 1. The van der Waals surface area contributed by atoms with Gasteiger partial charge in [0.25, 0.3) is 0 Å². The van der Waals surface area contributed by atoms with Crippen molar-refractivity contribution in [1.29, 1.82) is 0 Å². The number of hydrogen-bond donors (Lipinski definition) is 1. The number of amides is 1. The van der Waals surface area contributed by atoms with Crippen molar-refractivity contribution in [2.45, 2.75) is 70.6 Å². The predicted octanol–water partition coefficient (Wildman–Crippen LogP) is 3.65. The minimum Gasteiger partial charge on any atom is -0.356 e. The highest BCUT2D eigenvalue weighted by Gasteiger charge is 2.20. The van der Waals surface area contributed by atoms with Crippen LogP contribution in [0.15, 0.2) is 0 Å². The maximum atomic E-state index is 12.0. The van der Waals surface area contributed by atoms with Gasteiger partial charge in [-0.25, -0.2) is 4.98 Å². The lowest BCUT2D eigenvalue weighted by Crippen LogP contribution is -2.32. The molecule has 0 aromatic carbocycles. The highest BCUT2D eigenvalue weighted by molar-refractivity contribution is 7.11. The average molecular weight is 306 g/mol. The zero-order valence-corrected chi connectivity index (χ0v) is 13.6. The summed E-state index contributed by atoms with van der Waals surface area (Å²) in [5.74, 6) is 0.569. The number of thiazole rings is 1. The topological polar surface area (TPSA) is 42.0 Å². The molecular formula is C17H26N2OS. The summed E-state index contributed by atoms with van der Waals surface area (Å²) in [4.78, 5) is 18.3. The highest BCUT2D eigenvalue weighted by Crippen LogP contribution is 2.27. The SMILES string of the molecule is O=C(NCCCc1nc2c(s1)CCCC2)C1CCCCC1. The molecular weight excluding hydrogens is 280 g/mol. The lowest BCUT2D eigenvalue weighted by molar-refractivity contribution is -0.125. The molecule has 1 N–H and O–H groups in total. The standard InChI is InChI=1S/C17H26N2OS/c20-17(13-7-2-1-3-8-13)18-12-6-11-16-19-14-9-4-5-10-15(14)21-16/h13H,1-12H2,(H,18,20). The van der Waals surface area contributed by atoms with E-state index in [-0.39, 0.29) is 11.8 Å². The van der Waals surface area contributed by atoms with E-state index in [0.717, 1.165) is 32.2 Å². The molecule has 0 saturated heterocycles. The number of fused-ring (bicyclic) bond motifs is 1. The molecule has 1 saturated carbocycles. The van der Waals surface area contributed by atoms with Gasteiger partial charge in [-0.1, -0.05) is 19.3 Å². The summed E-state index contributed by atoms with van der Waals surface area (Å²) in [5, 5.41) is 4.39. The van der Waals surface area contributed by atoms with Crippen molar-refractivity contribution >= 4 is 17.2 Å². The van der Waals surface area contributed by atoms with E-state index in [0.29, 0.717) is 0 Å². The maximum Gasteiger partial charge on any atom is 0.223 e. The molecule has 0 aliphatic heterocycles. The quantitative estimate of drug-likeness (QED) is 0.844. The lowest BCUT2D eigenvalue weighted by atomic mass is 9.89. The maximum absolute atomic E-state index is 12.0. The Morgan fingerprint density at radius 2 is 1.95 bits per heavy atom. The van der Waals surface area contributed by atoms with E-state index < -0.39 is 0 Å². The Kier molecular flexibility index (Phi) is 5.28. The van der Waals surface area contributed by atoms with Gasteiger partial charge in [-0.05, 0) is 44.9 Å². The second kappa shape index (κ2) is 7.39. The molecule has 1 fully saturated rings. The van der Waals surface area contributed by atoms with Crippen LogP contribution in [0.2, 0.25) is 0 Å². The van der Waals surface area contributed by atoms with Gasteiger partial charge in [0.05, 0.1) is 10.7 Å². The molecule has 21 heavy (non-hydrogen) atoms. The first kappa shape index (κ1) is 15.0. The van der Waals surface area contributed by atoms with Crippen molar-refractivity contribution in [3.8, 4) is 0 Å². The Morgan fingerprint density at radius 3 is 2.76 bits per heavy atom. The number of nitrogens with one attached hydrogen (secondary N) is 1. The molecule has 3 nitrogen and oxygen atoms in total. The van der Waals surface area contributed by atoms with Gasteiger partial charge in [-0.15, -0.1) is 11.3 Å². The highest BCUT2D eigenvalue weighted by atomic mass is 32.1. The van der Waals surface area contributed by atoms with E-state index in [2.05, 4.69) is 5.32 Å². The molecule has 1 aromatic heterocycles. The van der Waals surface area contributed by atoms with Gasteiger partial charge < -0.3 is 5.32 Å². The zero-order valence-electron chi connectivity index (χ0n) is 12.8. The Morgan fingerprint density at radius 1 is 1.14 bits per heavy atom. The van der Waals surface area contributed by atoms with Gasteiger partial charge in [-0.3, -0.25) is 4.79 Å². The van der Waals surface area contributed by atoms with Gasteiger partial charge in [0, 0.05) is 23.8 Å². The minimum atomic E-state index is 0.283. The normalized spacial score (nSPS) is 19.2. The van der Waals surface area contributed by atoms with Gasteiger partial charge in [-0.2, -0.15) is 0 Å². The monoisotopic (exact) mass is 306 g/mol. The van der Waals surface area contributed by atoms with Gasteiger partial charge in [0.2, 0.25) is 5.91 Å². The molecule has 0 bridgehead atoms. The van der Waals surface area contributed by atoms with E-state index in [1.807, 2.05) is 11.3 Å². The van der Waals surface area contributed by atoms with Crippen LogP contribution in [0.3, 0.4) is 0 Å². The Balaban J connectivity index is 1.38. The smallest absolute Gasteiger partial charge is 0.223 e. The van der Waals surface area contributed by atoms with Crippen LogP contribution in [0, 0.1) is 5.92 Å². The summed E-state index contributed by atoms with van der Waals surface area (Å²) in [6.07, 6.45) is 13.0. The van der Waals surface area contributed by atoms with Crippen molar-refractivity contribution in [2.75, 3.05) is 6.54 Å². The number of rotatable bonds is 5. The predicted molar refractivity (Wildman–Crippen MR) is 86.7 cm³/mol. The van der Waals surface area contributed by atoms with Gasteiger partial charge in [0.15, 0.2) is 0 Å². The Bertz CT molecular complexity index is 454. The van der Waals surface area contributed by atoms with Crippen LogP contribution in [0.4, 0.5) is 0 Å². The average Bonchev–Trinajstić information content (AvgIpc) is 2.95. The van der Waals surface area contributed by atoms with Crippen molar-refractivity contribution < 1.29 is 4.79 Å². The van der Waals surface area contributed by atoms with Crippen LogP contribution in [-0.4, -0.2) is 17.4 Å². The van der Waals surface area contributed by atoms with E-state index in [1.54, 1.807) is 0 Å². The van der Waals surface area contributed by atoms with Crippen LogP contribution in [0.5, 0.6) is 0 Å². The number of hydrogen-bond acceptors (Lipinski definition) is 3. The van der Waals surface area contributed by atoms with E-state index in [9.17, 15) is 4.79 Å². The zero-order chi connectivity index (χ0) is 14.5. The molecule has 0 atom stereocenters. The summed E-state index contributed by atoms with van der Waals surface area (Å²) in [6.45, 7) is 0.805. The third kappa shape index (κ3) is 4.06. The molecule has 3 rings (SSSR count). The van der Waals surface area contributed by atoms with Crippen molar-refractivity contribution in [3.63, 3.8) is 0 Å². The Labute approximate surface area is 131 Å². The molecule has 1 amide bonds. The molecule has 2 aliphatic carbocycles. The van der Waals surface area contributed by atoms with E-state index in [4.69, 9.17) is 4.98 Å². The molecule has 2 aliphatic rings. The van der Waals surface area contributed by atoms with Crippen molar-refractivity contribution in [3.05, 3.63) is 15.6 Å². The third-order valence-corrected chi connectivity index (χ3v) is 5.95. The van der Waals surface area contributed by atoms with Gasteiger partial charge in [0.1, 0.15) is 0 Å². The van der Waals surface area contributed by atoms with Crippen molar-refractivity contribution in [2.24, 2.45) is 5.92 Å².